The number of aryl methyl sites for hydroxylation is 1. The molecule has 0 radical (unpaired) electrons. The van der Waals surface area contributed by atoms with Crippen LogP contribution in [0.3, 0.4) is 0 Å². The van der Waals surface area contributed by atoms with Gasteiger partial charge in [-0.25, -0.2) is 19.7 Å². The molecule has 418 valence electrons. The van der Waals surface area contributed by atoms with E-state index < -0.39 is 60.7 Å². The third-order valence-electron chi connectivity index (χ3n) is 16.1. The van der Waals surface area contributed by atoms with E-state index in [2.05, 4.69) is 50.2 Å². The van der Waals surface area contributed by atoms with E-state index in [0.717, 1.165) is 103 Å². The van der Waals surface area contributed by atoms with E-state index in [-0.39, 0.29) is 36.8 Å². The van der Waals surface area contributed by atoms with Crippen LogP contribution in [0, 0.1) is 17.8 Å². The molecule has 0 spiro atoms. The van der Waals surface area contributed by atoms with Crippen LogP contribution in [0.5, 0.6) is 5.75 Å². The topological polar surface area (TPSA) is 277 Å². The molecule has 1 aliphatic carbocycles. The number of methoxy groups -OCH3 is 1. The number of amides is 6. The second-order valence-electron chi connectivity index (χ2n) is 21.6. The number of anilines is 2. The first kappa shape index (κ1) is 55.2. The number of fused-ring (bicyclic) bond motifs is 2. The fourth-order valence-corrected chi connectivity index (χ4v) is 11.4. The number of nitrogens with zero attached hydrogens (tertiary/aromatic N) is 7. The van der Waals surface area contributed by atoms with Crippen LogP contribution in [0.1, 0.15) is 81.5 Å². The van der Waals surface area contributed by atoms with Gasteiger partial charge in [-0.3, -0.25) is 28.9 Å². The average molecular weight is 1090 g/mol. The summed E-state index contributed by atoms with van der Waals surface area (Å²) >= 11 is 0. The molecular weight excluding hydrogens is 1020 g/mol. The molecule has 3 saturated heterocycles. The number of carbonyl (C=O) groups excluding carboxylic acids is 5. The molecule has 21 heteroatoms. The monoisotopic (exact) mass is 1090 g/mol. The van der Waals surface area contributed by atoms with Crippen molar-refractivity contribution in [3.8, 4) is 28.7 Å². The van der Waals surface area contributed by atoms with Crippen LogP contribution in [0.25, 0.3) is 32.9 Å². The maximum atomic E-state index is 13.8. The minimum atomic E-state index is -1.26. The second kappa shape index (κ2) is 23.3. The van der Waals surface area contributed by atoms with Crippen molar-refractivity contribution in [1.29, 1.82) is 0 Å². The summed E-state index contributed by atoms with van der Waals surface area (Å²) in [4.78, 5) is 96.5. The number of H-pyrrole nitrogens is 1. The third kappa shape index (κ3) is 11.6. The van der Waals surface area contributed by atoms with Crippen LogP contribution in [-0.4, -0.2) is 141 Å². The number of imide groups is 1. The molecule has 3 aromatic carbocycles. The van der Waals surface area contributed by atoms with E-state index in [0.29, 0.717) is 46.7 Å². The highest BCUT2D eigenvalue weighted by Gasteiger charge is 2.44. The van der Waals surface area contributed by atoms with Gasteiger partial charge in [0, 0.05) is 105 Å². The lowest BCUT2D eigenvalue weighted by atomic mass is 9.87. The Labute approximate surface area is 463 Å². The zero-order valence-corrected chi connectivity index (χ0v) is 45.3. The number of aliphatic hydroxyl groups is 1. The Bertz CT molecular complexity index is 3450. The number of piperidine rings is 2. The summed E-state index contributed by atoms with van der Waals surface area (Å²) in [7, 11) is 3.23. The molecule has 6 aromatic rings. The van der Waals surface area contributed by atoms with Crippen molar-refractivity contribution < 1.29 is 38.6 Å². The summed E-state index contributed by atoms with van der Waals surface area (Å²) in [5.74, 6) is 3.45. The Balaban J connectivity index is 0.785. The summed E-state index contributed by atoms with van der Waals surface area (Å²) in [6, 6.07) is 22.8. The molecule has 3 aliphatic heterocycles. The molecule has 0 unspecified atom stereocenters. The van der Waals surface area contributed by atoms with Gasteiger partial charge in [0.05, 0.1) is 49.2 Å². The van der Waals surface area contributed by atoms with Gasteiger partial charge in [-0.05, 0) is 93.0 Å². The lowest BCUT2D eigenvalue weighted by Gasteiger charge is -2.45. The van der Waals surface area contributed by atoms with Crippen LogP contribution in [0.4, 0.5) is 16.4 Å². The van der Waals surface area contributed by atoms with E-state index >= 15 is 0 Å². The fraction of sp³-hybridized carbons (Fsp3) is 0.424. The van der Waals surface area contributed by atoms with E-state index in [4.69, 9.17) is 30.9 Å². The number of urea groups is 1. The number of hydrogen-bond acceptors (Lipinski definition) is 14. The maximum absolute atomic E-state index is 13.8. The third-order valence-corrected chi connectivity index (χ3v) is 16.1. The van der Waals surface area contributed by atoms with Gasteiger partial charge in [0.1, 0.15) is 17.9 Å². The fourth-order valence-electron chi connectivity index (χ4n) is 11.4. The minimum absolute atomic E-state index is 0.0159. The molecule has 10 rings (SSSR count). The second-order valence-corrected chi connectivity index (χ2v) is 21.6. The predicted molar refractivity (Wildman–Crippen MR) is 301 cm³/mol. The number of nitrogens with two attached hydrogens (primary N) is 2. The Morgan fingerprint density at radius 3 is 2.34 bits per heavy atom. The Kier molecular flexibility index (Phi) is 16.1. The van der Waals surface area contributed by atoms with Gasteiger partial charge in [-0.1, -0.05) is 48.2 Å². The summed E-state index contributed by atoms with van der Waals surface area (Å²) in [6.45, 7) is 5.29. The van der Waals surface area contributed by atoms with Gasteiger partial charge in [0.25, 0.3) is 5.56 Å². The van der Waals surface area contributed by atoms with Crippen LogP contribution in [0.15, 0.2) is 90.0 Å². The first-order valence-corrected chi connectivity index (χ1v) is 27.3. The van der Waals surface area contributed by atoms with Crippen LogP contribution >= 0.6 is 0 Å². The first-order valence-electron chi connectivity index (χ1n) is 27.3. The van der Waals surface area contributed by atoms with E-state index in [1.807, 2.05) is 54.7 Å². The summed E-state index contributed by atoms with van der Waals surface area (Å²) < 4.78 is 14.1. The number of rotatable bonds is 19. The number of nitrogens with one attached hydrogen (secondary N) is 3. The van der Waals surface area contributed by atoms with Crippen molar-refractivity contribution in [2.75, 3.05) is 69.5 Å². The number of pyridine rings is 1. The van der Waals surface area contributed by atoms with Crippen molar-refractivity contribution in [1.82, 2.24) is 40.0 Å². The van der Waals surface area contributed by atoms with Gasteiger partial charge in [-0.15, -0.1) is 0 Å². The molecule has 6 amide bonds. The lowest BCUT2D eigenvalue weighted by Crippen LogP contribution is -2.56. The van der Waals surface area contributed by atoms with Gasteiger partial charge in [0.15, 0.2) is 5.60 Å². The summed E-state index contributed by atoms with van der Waals surface area (Å²) in [5, 5.41) is 19.3. The summed E-state index contributed by atoms with van der Waals surface area (Å²) in [5.41, 5.74) is 14.5. The predicted octanol–water partition coefficient (Wildman–Crippen LogP) is 3.96. The number of hydrogen-bond donors (Lipinski definition) is 6. The molecule has 3 aromatic heterocycles. The molecule has 4 fully saturated rings. The van der Waals surface area contributed by atoms with Gasteiger partial charge in [0.2, 0.25) is 29.6 Å². The van der Waals surface area contributed by atoms with Gasteiger partial charge >= 0.3 is 6.03 Å². The van der Waals surface area contributed by atoms with Crippen LogP contribution in [-0.2, 0) is 36.6 Å². The van der Waals surface area contributed by atoms with Crippen LogP contribution in [0.2, 0.25) is 0 Å². The number of aromatic nitrogens is 4. The van der Waals surface area contributed by atoms with Crippen molar-refractivity contribution in [2.24, 2.45) is 24.4 Å². The Hall–Kier alpha value is -8.16. The van der Waals surface area contributed by atoms with E-state index in [1.54, 1.807) is 36.0 Å². The number of aliphatic hydroxyl groups excluding tert-OH is 1. The highest BCUT2D eigenvalue weighted by atomic mass is 16.5. The van der Waals surface area contributed by atoms with E-state index in [9.17, 15) is 33.9 Å². The van der Waals surface area contributed by atoms with Crippen molar-refractivity contribution in [2.45, 2.75) is 88.0 Å². The van der Waals surface area contributed by atoms with Gasteiger partial charge in [-0.2, -0.15) is 0 Å². The molecule has 0 bridgehead atoms. The number of likely N-dealkylation sites (tertiary alicyclic amines) is 1. The molecule has 6 heterocycles. The SMILES string of the molecule is COc1ccc(C#CCNC2(C)CCN(C3CCN(c4nc([C@@](CO)(OC5CC5)c5ccccc5)c5cc(-c6cn(C)c(=O)c7[nH]ccc67)ccc5n4)CC3)CC2)cc1N1CCC(=O)N(CNC(=O)C(CC(N)=O)CC(N)=O)C1=O. The molecule has 21 nitrogen and oxygen atoms in total. The zero-order valence-electron chi connectivity index (χ0n) is 45.3. The highest BCUT2D eigenvalue weighted by Crippen LogP contribution is 2.44. The zero-order chi connectivity index (χ0) is 56.3. The van der Waals surface area contributed by atoms with Gasteiger partial charge < -0.3 is 56.0 Å². The number of benzene rings is 3. The van der Waals surface area contributed by atoms with Crippen LogP contribution < -0.4 is 42.2 Å². The minimum Gasteiger partial charge on any atom is -0.495 e. The van der Waals surface area contributed by atoms with Crippen molar-refractivity contribution in [3.63, 3.8) is 0 Å². The number of carbonyl (C=O) groups is 5. The average Bonchev–Trinajstić information content (AvgIpc) is 4.22. The quantitative estimate of drug-likeness (QED) is 0.0627. The largest absolute Gasteiger partial charge is 0.495 e. The maximum Gasteiger partial charge on any atom is 0.332 e. The number of ether oxygens (including phenoxy) is 2. The number of primary amides is 2. The summed E-state index contributed by atoms with van der Waals surface area (Å²) in [6.07, 6.45) is 8.26. The van der Waals surface area contributed by atoms with Crippen molar-refractivity contribution in [3.05, 3.63) is 112 Å². The standard InChI is InChI=1S/C59H68N12O9/c1-58(64-23-7-8-37-11-16-48(79-3)47(30-37)70-27-20-51(75)71(57(70)78)36-63-54(76)39(32-49(60)73)33-50(61)74)21-28-68(29-22-58)41-18-25-69(26-19-41)56-65-46-15-12-38(45-34-67(2)55(77)52-43(45)17-24-62-52)31-44(46)53(66-56)59(35-72,80-42-13-14-42)40-9-5-4-6-10-40/h4-6,9-12,15-17,24,30-31,34,39,41-42,62,64,72H,13-14,18-23,25-29,32-33,35-36H2,1-3H3,(H2,60,73)(H2,61,74)(H,63,76)/t59-/m0/s1. The lowest BCUT2D eigenvalue weighted by molar-refractivity contribution is -0.134. The number of aromatic amines is 1. The Morgan fingerprint density at radius 2 is 1.65 bits per heavy atom. The molecule has 4 aliphatic rings. The molecule has 1 saturated carbocycles. The molecule has 8 N–H and O–H groups in total. The Morgan fingerprint density at radius 1 is 0.912 bits per heavy atom. The van der Waals surface area contributed by atoms with Crippen molar-refractivity contribution >= 4 is 63.1 Å². The van der Waals surface area contributed by atoms with E-state index in [1.165, 1.54) is 12.0 Å². The normalized spacial score (nSPS) is 17.8. The smallest absolute Gasteiger partial charge is 0.332 e. The first-order chi connectivity index (χ1) is 38.6. The highest BCUT2D eigenvalue weighted by molar-refractivity contribution is 6.06. The molecular formula is C59H68N12O9. The molecule has 80 heavy (non-hydrogen) atoms. The molecule has 1 atom stereocenters.